The fourth-order valence-corrected chi connectivity index (χ4v) is 4.86. The van der Waals surface area contributed by atoms with Gasteiger partial charge in [0.1, 0.15) is 16.4 Å². The Morgan fingerprint density at radius 3 is 2.42 bits per heavy atom. The highest BCUT2D eigenvalue weighted by Gasteiger charge is 2.24. The first-order valence-corrected chi connectivity index (χ1v) is 12.4. The van der Waals surface area contributed by atoms with Gasteiger partial charge in [-0.3, -0.25) is 23.9 Å². The number of pyridine rings is 1. The second kappa shape index (κ2) is 9.97. The van der Waals surface area contributed by atoms with Crippen LogP contribution in [0.4, 0.5) is 10.1 Å². The molecule has 5 aromatic rings. The van der Waals surface area contributed by atoms with Crippen molar-refractivity contribution in [2.75, 3.05) is 5.32 Å². The molecule has 40 heavy (non-hydrogen) atoms. The maximum absolute atomic E-state index is 14.8. The van der Waals surface area contributed by atoms with E-state index in [1.165, 1.54) is 36.0 Å². The van der Waals surface area contributed by atoms with Crippen molar-refractivity contribution in [3.05, 3.63) is 97.2 Å². The summed E-state index contributed by atoms with van der Waals surface area (Å²) in [6.07, 6.45) is 0. The van der Waals surface area contributed by atoms with Gasteiger partial charge in [-0.25, -0.2) is 14.1 Å². The van der Waals surface area contributed by atoms with Gasteiger partial charge in [-0.1, -0.05) is 29.8 Å². The number of hydrogen-bond acceptors (Lipinski definition) is 6. The van der Waals surface area contributed by atoms with Gasteiger partial charge in [-0.05, 0) is 49.7 Å². The van der Waals surface area contributed by atoms with E-state index >= 15 is 0 Å². The van der Waals surface area contributed by atoms with Crippen LogP contribution in [-0.4, -0.2) is 30.9 Å². The molecule has 3 N–H and O–H groups in total. The van der Waals surface area contributed by atoms with Crippen LogP contribution in [-0.2, 0) is 13.6 Å². The first-order chi connectivity index (χ1) is 19.0. The molecule has 0 radical (unpaired) electrons. The van der Waals surface area contributed by atoms with Crippen molar-refractivity contribution in [3.8, 4) is 16.8 Å². The lowest BCUT2D eigenvalue weighted by Gasteiger charge is -2.13. The summed E-state index contributed by atoms with van der Waals surface area (Å²) in [5.41, 5.74) is 5.16. The largest absolute Gasteiger partial charge is 0.381 e. The lowest BCUT2D eigenvalue weighted by Crippen LogP contribution is -2.21. The van der Waals surface area contributed by atoms with Crippen LogP contribution in [0, 0.1) is 12.7 Å². The number of benzene rings is 2. The molecule has 0 aliphatic heterocycles. The summed E-state index contributed by atoms with van der Waals surface area (Å²) in [6.45, 7) is 3.70. The van der Waals surface area contributed by atoms with Gasteiger partial charge in [0.05, 0.1) is 27.9 Å². The Morgan fingerprint density at radius 2 is 1.82 bits per heavy atom. The number of halogens is 2. The normalized spacial score (nSPS) is 11.2. The number of carbonyl (C=O) groups is 2. The highest BCUT2D eigenvalue weighted by atomic mass is 35.5. The van der Waals surface area contributed by atoms with Gasteiger partial charge < -0.3 is 15.6 Å². The molecule has 0 unspecified atom stereocenters. The topological polar surface area (TPSA) is 147 Å². The quantitative estimate of drug-likeness (QED) is 0.301. The smallest absolute Gasteiger partial charge is 0.290 e. The molecular formula is C27H22ClFN6O5. The zero-order valence-electron chi connectivity index (χ0n) is 21.5. The minimum Gasteiger partial charge on any atom is -0.381 e. The van der Waals surface area contributed by atoms with Crippen molar-refractivity contribution in [1.29, 1.82) is 0 Å². The van der Waals surface area contributed by atoms with E-state index < -0.39 is 28.8 Å². The number of amides is 2. The fourth-order valence-electron chi connectivity index (χ4n) is 4.67. The summed E-state index contributed by atoms with van der Waals surface area (Å²) in [5.74, 6) is -2.40. The average molecular weight is 565 g/mol. The van der Waals surface area contributed by atoms with Crippen LogP contribution < -0.4 is 22.2 Å². The van der Waals surface area contributed by atoms with Gasteiger partial charge in [-0.2, -0.15) is 4.74 Å². The summed E-state index contributed by atoms with van der Waals surface area (Å²) in [6, 6.07) is 11.9. The van der Waals surface area contributed by atoms with Gasteiger partial charge in [0.15, 0.2) is 11.5 Å². The van der Waals surface area contributed by atoms with Crippen molar-refractivity contribution in [2.24, 2.45) is 12.8 Å². The zero-order valence-corrected chi connectivity index (χ0v) is 22.2. The number of nitrogens with zero attached hydrogens (tertiary/aromatic N) is 4. The number of nitrogens with one attached hydrogen (secondary N) is 1. The zero-order chi connectivity index (χ0) is 28.9. The van der Waals surface area contributed by atoms with E-state index in [9.17, 15) is 23.6 Å². The lowest BCUT2D eigenvalue weighted by molar-refractivity contribution is 0.0991. The third-order valence-corrected chi connectivity index (χ3v) is 6.63. The molecule has 0 saturated heterocycles. The third kappa shape index (κ3) is 4.28. The van der Waals surface area contributed by atoms with Crippen LogP contribution in [0.5, 0.6) is 0 Å². The Morgan fingerprint density at radius 1 is 1.12 bits per heavy atom. The van der Waals surface area contributed by atoms with E-state index in [-0.39, 0.29) is 39.5 Å². The molecule has 3 heterocycles. The van der Waals surface area contributed by atoms with Crippen LogP contribution >= 0.6 is 11.6 Å². The first kappa shape index (κ1) is 26.6. The van der Waals surface area contributed by atoms with Gasteiger partial charge in [-0.15, -0.1) is 0 Å². The molecular weight excluding hydrogens is 543 g/mol. The molecule has 13 heteroatoms. The number of primary amides is 1. The summed E-state index contributed by atoms with van der Waals surface area (Å²) in [4.78, 5) is 55.0. The van der Waals surface area contributed by atoms with E-state index in [2.05, 4.69) is 10.3 Å². The Hall–Kier alpha value is -4.97. The van der Waals surface area contributed by atoms with Gasteiger partial charge in [0, 0.05) is 13.6 Å². The van der Waals surface area contributed by atoms with E-state index in [1.54, 1.807) is 42.8 Å². The molecule has 11 nitrogen and oxygen atoms in total. The predicted molar refractivity (Wildman–Crippen MR) is 147 cm³/mol. The standard InChI is InChI=1S/C27H22ClFN6O5/c1-4-34-23-17(12-19(28)32-22(23)25(37)31-18-7-5-6-16(21(18)29)24(30)36)26(38)35(34)15-10-8-14(9-11-15)20-13(2)40-33(3)27(20)39/h5-12H,4H2,1-3H3,(H2,30,36)(H,31,37). The Bertz CT molecular complexity index is 1950. The lowest BCUT2D eigenvalue weighted by atomic mass is 10.1. The molecule has 0 aliphatic rings. The molecule has 3 aromatic heterocycles. The van der Waals surface area contributed by atoms with Crippen LogP contribution in [0.2, 0.25) is 5.15 Å². The number of fused-ring (bicyclic) bond motifs is 1. The number of rotatable bonds is 6. The summed E-state index contributed by atoms with van der Waals surface area (Å²) in [7, 11) is 1.52. The van der Waals surface area contributed by atoms with Gasteiger partial charge in [0.25, 0.3) is 22.9 Å². The van der Waals surface area contributed by atoms with Crippen LogP contribution in [0.3, 0.4) is 0 Å². The highest BCUT2D eigenvalue weighted by molar-refractivity contribution is 6.30. The van der Waals surface area contributed by atoms with Crippen LogP contribution in [0.1, 0.15) is 33.5 Å². The molecule has 2 amide bonds. The minimum atomic E-state index is -1.00. The van der Waals surface area contributed by atoms with Crippen LogP contribution in [0.15, 0.2) is 62.6 Å². The summed E-state index contributed by atoms with van der Waals surface area (Å²) >= 11 is 6.19. The maximum atomic E-state index is 14.8. The number of aromatic nitrogens is 4. The molecule has 0 saturated carbocycles. The second-order valence-corrected chi connectivity index (χ2v) is 9.27. The van der Waals surface area contributed by atoms with Crippen molar-refractivity contribution in [3.63, 3.8) is 0 Å². The number of hydrogen-bond donors (Lipinski definition) is 2. The molecule has 0 bridgehead atoms. The van der Waals surface area contributed by atoms with E-state index in [1.807, 2.05) is 0 Å². The van der Waals surface area contributed by atoms with E-state index in [0.717, 1.165) is 4.74 Å². The molecule has 0 spiro atoms. The van der Waals surface area contributed by atoms with Crippen molar-refractivity contribution >= 4 is 40.0 Å². The van der Waals surface area contributed by atoms with Crippen LogP contribution in [0.25, 0.3) is 27.7 Å². The average Bonchev–Trinajstić information content (AvgIpc) is 3.35. The molecule has 0 aliphatic carbocycles. The highest BCUT2D eigenvalue weighted by Crippen LogP contribution is 2.26. The number of carbonyl (C=O) groups excluding carboxylic acids is 2. The van der Waals surface area contributed by atoms with Gasteiger partial charge in [0.2, 0.25) is 0 Å². The Labute approximate surface area is 230 Å². The van der Waals surface area contributed by atoms with Gasteiger partial charge >= 0.3 is 0 Å². The number of nitrogens with two attached hydrogens (primary N) is 1. The first-order valence-electron chi connectivity index (χ1n) is 12.0. The Kier molecular flexibility index (Phi) is 6.64. The summed E-state index contributed by atoms with van der Waals surface area (Å²) < 4.78 is 24.2. The minimum absolute atomic E-state index is 0.113. The van der Waals surface area contributed by atoms with Crippen molar-refractivity contribution in [1.82, 2.24) is 19.1 Å². The Balaban J connectivity index is 1.63. The molecule has 0 atom stereocenters. The second-order valence-electron chi connectivity index (χ2n) is 8.88. The molecule has 5 rings (SSSR count). The van der Waals surface area contributed by atoms with E-state index in [4.69, 9.17) is 21.9 Å². The predicted octanol–water partition coefficient (Wildman–Crippen LogP) is 3.62. The third-order valence-electron chi connectivity index (χ3n) is 6.44. The van der Waals surface area contributed by atoms with Crippen molar-refractivity contribution in [2.45, 2.75) is 20.4 Å². The van der Waals surface area contributed by atoms with E-state index in [0.29, 0.717) is 22.6 Å². The van der Waals surface area contributed by atoms with Crippen molar-refractivity contribution < 1.29 is 18.5 Å². The summed E-state index contributed by atoms with van der Waals surface area (Å²) in [5, 5.41) is 2.38. The number of anilines is 1. The molecule has 2 aromatic carbocycles. The monoisotopic (exact) mass is 564 g/mol. The maximum Gasteiger partial charge on any atom is 0.290 e. The number of aryl methyl sites for hydroxylation is 3. The fraction of sp³-hybridized carbons (Fsp3) is 0.148. The molecule has 0 fully saturated rings. The SMILES string of the molecule is CCn1c2c(C(=O)Nc3cccc(C(N)=O)c3F)nc(Cl)cc2c(=O)n1-c1ccc(-c2c(C)on(C)c2=O)cc1. The molecule has 204 valence electrons.